The summed E-state index contributed by atoms with van der Waals surface area (Å²) >= 11 is 0. The van der Waals surface area contributed by atoms with E-state index in [-0.39, 0.29) is 0 Å². The van der Waals surface area contributed by atoms with E-state index in [1.165, 1.54) is 0 Å². The lowest BCUT2D eigenvalue weighted by atomic mass is 9.96. The van der Waals surface area contributed by atoms with Crippen molar-refractivity contribution in [2.24, 2.45) is 0 Å². The number of hydrogen-bond acceptors (Lipinski definition) is 3. The molecule has 0 aliphatic heterocycles. The van der Waals surface area contributed by atoms with Crippen LogP contribution in [0.3, 0.4) is 0 Å². The molecule has 0 N–H and O–H groups in total. The Kier molecular flexibility index (Phi) is 4.08. The highest BCUT2D eigenvalue weighted by Gasteiger charge is 2.12. The van der Waals surface area contributed by atoms with Gasteiger partial charge in [0.25, 0.3) is 0 Å². The van der Waals surface area contributed by atoms with Gasteiger partial charge in [0.1, 0.15) is 0 Å². The van der Waals surface area contributed by atoms with Crippen LogP contribution in [0.5, 0.6) is 11.5 Å². The Morgan fingerprint density at radius 2 is 1.40 bits per heavy atom. The van der Waals surface area contributed by atoms with Crippen LogP contribution in [-0.4, -0.2) is 20.5 Å². The van der Waals surface area contributed by atoms with E-state index in [0.717, 1.165) is 28.5 Å². The molecule has 0 radical (unpaired) electrons. The first-order valence-electron chi connectivity index (χ1n) is 6.39. The number of benzene rings is 2. The molecule has 3 heteroatoms. The van der Waals surface area contributed by atoms with Crippen molar-refractivity contribution in [3.05, 3.63) is 47.0 Å². The zero-order valence-electron chi connectivity index (χ0n) is 12.2. The van der Waals surface area contributed by atoms with Crippen molar-refractivity contribution in [1.29, 1.82) is 0 Å². The summed E-state index contributed by atoms with van der Waals surface area (Å²) in [6.07, 6.45) is 0.842. The summed E-state index contributed by atoms with van der Waals surface area (Å²) in [7, 11) is 3.15. The minimum absolute atomic E-state index is 0.558. The van der Waals surface area contributed by atoms with E-state index in [1.54, 1.807) is 20.3 Å². The first-order chi connectivity index (χ1) is 9.58. The number of ether oxygens (including phenoxy) is 2. The van der Waals surface area contributed by atoms with Gasteiger partial charge >= 0.3 is 0 Å². The van der Waals surface area contributed by atoms with Crippen LogP contribution in [0.4, 0.5) is 0 Å². The molecule has 0 bridgehead atoms. The minimum Gasteiger partial charge on any atom is -0.493 e. The van der Waals surface area contributed by atoms with Crippen molar-refractivity contribution >= 4 is 6.29 Å². The second kappa shape index (κ2) is 5.78. The van der Waals surface area contributed by atoms with Crippen LogP contribution in [0.2, 0.25) is 0 Å². The van der Waals surface area contributed by atoms with Crippen molar-refractivity contribution < 1.29 is 14.3 Å². The van der Waals surface area contributed by atoms with Crippen molar-refractivity contribution in [2.45, 2.75) is 13.8 Å². The summed E-state index contributed by atoms with van der Waals surface area (Å²) in [6, 6.07) is 9.77. The summed E-state index contributed by atoms with van der Waals surface area (Å²) in [4.78, 5) is 11.3. The lowest BCUT2D eigenvalue weighted by molar-refractivity contribution is 0.112. The molecule has 3 nitrogen and oxygen atoms in total. The van der Waals surface area contributed by atoms with Gasteiger partial charge in [-0.25, -0.2) is 0 Å². The lowest BCUT2D eigenvalue weighted by Crippen LogP contribution is -1.96. The van der Waals surface area contributed by atoms with E-state index >= 15 is 0 Å². The van der Waals surface area contributed by atoms with Crippen LogP contribution in [-0.2, 0) is 0 Å². The Morgan fingerprint density at radius 1 is 0.850 bits per heavy atom. The summed E-state index contributed by atoms with van der Waals surface area (Å²) in [5.74, 6) is 1.18. The first-order valence-corrected chi connectivity index (χ1v) is 6.39. The number of methoxy groups -OCH3 is 2. The summed E-state index contributed by atoms with van der Waals surface area (Å²) in [5, 5.41) is 0. The molecule has 2 aromatic rings. The van der Waals surface area contributed by atoms with Gasteiger partial charge < -0.3 is 9.47 Å². The number of carbonyl (C=O) groups is 1. The average molecular weight is 270 g/mol. The van der Waals surface area contributed by atoms with Gasteiger partial charge in [0.2, 0.25) is 0 Å². The molecule has 0 aliphatic carbocycles. The molecule has 0 saturated carbocycles. The smallest absolute Gasteiger partial charge is 0.161 e. The normalized spacial score (nSPS) is 10.2. The number of aryl methyl sites for hydroxylation is 2. The van der Waals surface area contributed by atoms with E-state index in [9.17, 15) is 4.79 Å². The molecule has 0 fully saturated rings. The van der Waals surface area contributed by atoms with Gasteiger partial charge in [-0.05, 0) is 37.1 Å². The molecule has 0 aliphatic rings. The second-order valence-corrected chi connectivity index (χ2v) is 4.79. The molecule has 20 heavy (non-hydrogen) atoms. The third-order valence-corrected chi connectivity index (χ3v) is 3.22. The molecule has 0 atom stereocenters. The Balaban J connectivity index is 2.68. The molecule has 2 aromatic carbocycles. The van der Waals surface area contributed by atoms with Gasteiger partial charge in [-0.3, -0.25) is 4.79 Å². The fourth-order valence-corrected chi connectivity index (χ4v) is 2.37. The van der Waals surface area contributed by atoms with Gasteiger partial charge in [0, 0.05) is 5.56 Å². The number of hydrogen-bond donors (Lipinski definition) is 0. The zero-order chi connectivity index (χ0) is 14.7. The Morgan fingerprint density at radius 3 is 1.90 bits per heavy atom. The third kappa shape index (κ3) is 2.67. The van der Waals surface area contributed by atoms with Gasteiger partial charge in [-0.15, -0.1) is 0 Å². The van der Waals surface area contributed by atoms with Gasteiger partial charge in [-0.2, -0.15) is 0 Å². The monoisotopic (exact) mass is 270 g/mol. The fraction of sp³-hybridized carbons (Fsp3) is 0.235. The average Bonchev–Trinajstić information content (AvgIpc) is 2.44. The molecular formula is C17H18O3. The van der Waals surface area contributed by atoms with E-state index in [4.69, 9.17) is 9.47 Å². The predicted octanol–water partition coefficient (Wildman–Crippen LogP) is 3.80. The van der Waals surface area contributed by atoms with Crippen LogP contribution in [0, 0.1) is 13.8 Å². The molecular weight excluding hydrogens is 252 g/mol. The van der Waals surface area contributed by atoms with Crippen LogP contribution >= 0.6 is 0 Å². The Hall–Kier alpha value is -2.29. The molecule has 0 heterocycles. The standard InChI is InChI=1S/C17H18O3/c1-11-5-12(2)7-13(6-11)15-9-17(20-4)16(19-3)8-14(15)10-18/h5-10H,1-4H3. The topological polar surface area (TPSA) is 35.5 Å². The summed E-state index contributed by atoms with van der Waals surface area (Å²) in [6.45, 7) is 4.08. The van der Waals surface area contributed by atoms with Gasteiger partial charge in [0.15, 0.2) is 17.8 Å². The Labute approximate surface area is 119 Å². The van der Waals surface area contributed by atoms with E-state index < -0.39 is 0 Å². The number of carbonyl (C=O) groups excluding carboxylic acids is 1. The quantitative estimate of drug-likeness (QED) is 0.793. The van der Waals surface area contributed by atoms with Gasteiger partial charge in [-0.1, -0.05) is 29.3 Å². The fourth-order valence-electron chi connectivity index (χ4n) is 2.37. The predicted molar refractivity (Wildman–Crippen MR) is 79.8 cm³/mol. The van der Waals surface area contributed by atoms with Crippen LogP contribution in [0.25, 0.3) is 11.1 Å². The zero-order valence-corrected chi connectivity index (χ0v) is 12.2. The lowest BCUT2D eigenvalue weighted by Gasteiger charge is -2.13. The molecule has 0 spiro atoms. The highest BCUT2D eigenvalue weighted by molar-refractivity contribution is 5.89. The molecule has 104 valence electrons. The maximum atomic E-state index is 11.3. The van der Waals surface area contributed by atoms with E-state index in [2.05, 4.69) is 18.2 Å². The maximum Gasteiger partial charge on any atom is 0.161 e. The number of rotatable bonds is 4. The van der Waals surface area contributed by atoms with Crippen LogP contribution < -0.4 is 9.47 Å². The van der Waals surface area contributed by atoms with Crippen LogP contribution in [0.15, 0.2) is 30.3 Å². The molecule has 0 unspecified atom stereocenters. The molecule has 0 aromatic heterocycles. The maximum absolute atomic E-state index is 11.3. The third-order valence-electron chi connectivity index (χ3n) is 3.22. The van der Waals surface area contributed by atoms with Crippen molar-refractivity contribution in [1.82, 2.24) is 0 Å². The van der Waals surface area contributed by atoms with Crippen LogP contribution in [0.1, 0.15) is 21.5 Å². The van der Waals surface area contributed by atoms with E-state index in [1.807, 2.05) is 19.9 Å². The SMILES string of the molecule is COc1cc(C=O)c(-c2cc(C)cc(C)c2)cc1OC. The number of aldehydes is 1. The second-order valence-electron chi connectivity index (χ2n) is 4.79. The van der Waals surface area contributed by atoms with Crippen molar-refractivity contribution in [2.75, 3.05) is 14.2 Å². The highest BCUT2D eigenvalue weighted by atomic mass is 16.5. The van der Waals surface area contributed by atoms with E-state index in [0.29, 0.717) is 17.1 Å². The van der Waals surface area contributed by atoms with Crippen molar-refractivity contribution in [3.8, 4) is 22.6 Å². The summed E-state index contributed by atoms with van der Waals surface area (Å²) < 4.78 is 10.6. The summed E-state index contributed by atoms with van der Waals surface area (Å²) in [5.41, 5.74) is 4.76. The highest BCUT2D eigenvalue weighted by Crippen LogP contribution is 2.35. The van der Waals surface area contributed by atoms with Crippen molar-refractivity contribution in [3.63, 3.8) is 0 Å². The largest absolute Gasteiger partial charge is 0.493 e. The first kappa shape index (κ1) is 14.1. The molecule has 0 amide bonds. The minimum atomic E-state index is 0.558. The Bertz CT molecular complexity index is 625. The molecule has 0 saturated heterocycles. The van der Waals surface area contributed by atoms with Gasteiger partial charge in [0.05, 0.1) is 14.2 Å². The molecule has 2 rings (SSSR count).